The molecule has 0 aliphatic carbocycles. The first kappa shape index (κ1) is 23.2. The average Bonchev–Trinajstić information content (AvgIpc) is 2.96. The number of aliphatic imine (C=N–C) groups is 1. The molecule has 27 heavy (non-hydrogen) atoms. The lowest BCUT2D eigenvalue weighted by atomic mass is 10.00. The number of rotatable bonds is 6. The molecule has 2 atom stereocenters. The van der Waals surface area contributed by atoms with Gasteiger partial charge in [-0.15, -0.1) is 24.0 Å². The molecule has 0 radical (unpaired) electrons. The molecule has 0 saturated carbocycles. The molecule has 0 spiro atoms. The van der Waals surface area contributed by atoms with Crippen molar-refractivity contribution in [2.45, 2.75) is 39.7 Å². The molecule has 0 fully saturated rings. The van der Waals surface area contributed by atoms with Crippen molar-refractivity contribution in [3.8, 4) is 5.75 Å². The minimum Gasteiger partial charge on any atom is -0.494 e. The number of nitrogens with one attached hydrogen (secondary N) is 2. The van der Waals surface area contributed by atoms with Crippen LogP contribution in [0.2, 0.25) is 0 Å². The first-order valence-corrected chi connectivity index (χ1v) is 8.60. The quantitative estimate of drug-likeness (QED) is 0.363. The van der Waals surface area contributed by atoms with Crippen LogP contribution in [-0.4, -0.2) is 31.8 Å². The normalized spacial score (nSPS) is 13.5. The Bertz CT molecular complexity index is 760. The number of hydrogen-bond donors (Lipinski definition) is 2. The van der Waals surface area contributed by atoms with Gasteiger partial charge in [0.15, 0.2) is 17.5 Å². The molecule has 0 bridgehead atoms. The molecule has 0 saturated heterocycles. The standard InChI is InChI=1S/C19H27FN4O2.HI/c1-11(18-13(3)24-26-14(18)4)10-22-19(21-5)23-12(2)15-7-8-17(25-6)16(20)9-15;/h7-9,11-12H,10H2,1-6H3,(H2,21,22,23);1H. The van der Waals surface area contributed by atoms with Crippen LogP contribution in [0.25, 0.3) is 0 Å². The van der Waals surface area contributed by atoms with Gasteiger partial charge in [-0.3, -0.25) is 4.99 Å². The van der Waals surface area contributed by atoms with E-state index in [0.717, 1.165) is 22.6 Å². The molecule has 1 aromatic heterocycles. The van der Waals surface area contributed by atoms with E-state index in [-0.39, 0.29) is 47.5 Å². The number of aryl methyl sites for hydroxylation is 2. The zero-order valence-electron chi connectivity index (χ0n) is 16.6. The van der Waals surface area contributed by atoms with Crippen LogP contribution in [0.3, 0.4) is 0 Å². The van der Waals surface area contributed by atoms with Crippen molar-refractivity contribution in [2.75, 3.05) is 20.7 Å². The molecule has 2 rings (SSSR count). The van der Waals surface area contributed by atoms with E-state index in [0.29, 0.717) is 12.5 Å². The summed E-state index contributed by atoms with van der Waals surface area (Å²) in [5, 5.41) is 10.6. The second-order valence-electron chi connectivity index (χ2n) is 6.35. The van der Waals surface area contributed by atoms with Crippen LogP contribution in [0.1, 0.15) is 48.4 Å². The predicted molar refractivity (Wildman–Crippen MR) is 116 cm³/mol. The molecule has 6 nitrogen and oxygen atoms in total. The minimum atomic E-state index is -0.381. The number of guanidine groups is 1. The maximum absolute atomic E-state index is 13.9. The second-order valence-corrected chi connectivity index (χ2v) is 6.35. The zero-order chi connectivity index (χ0) is 19.3. The van der Waals surface area contributed by atoms with Crippen molar-refractivity contribution in [2.24, 2.45) is 4.99 Å². The topological polar surface area (TPSA) is 71.7 Å². The summed E-state index contributed by atoms with van der Waals surface area (Å²) in [6.07, 6.45) is 0. The van der Waals surface area contributed by atoms with Gasteiger partial charge in [0, 0.05) is 25.1 Å². The average molecular weight is 490 g/mol. The van der Waals surface area contributed by atoms with Crippen LogP contribution in [0.5, 0.6) is 5.75 Å². The van der Waals surface area contributed by atoms with E-state index in [1.807, 2.05) is 26.8 Å². The van der Waals surface area contributed by atoms with Crippen LogP contribution < -0.4 is 15.4 Å². The van der Waals surface area contributed by atoms with Crippen molar-refractivity contribution < 1.29 is 13.7 Å². The molecule has 0 amide bonds. The van der Waals surface area contributed by atoms with E-state index in [1.165, 1.54) is 13.2 Å². The lowest BCUT2D eigenvalue weighted by Gasteiger charge is -2.20. The second kappa shape index (κ2) is 10.5. The maximum atomic E-state index is 13.9. The van der Waals surface area contributed by atoms with E-state index in [1.54, 1.807) is 13.1 Å². The summed E-state index contributed by atoms with van der Waals surface area (Å²) in [6, 6.07) is 4.81. The minimum absolute atomic E-state index is 0. The Morgan fingerprint density at radius 1 is 1.33 bits per heavy atom. The Kier molecular flexibility index (Phi) is 9.01. The van der Waals surface area contributed by atoms with Gasteiger partial charge in [0.25, 0.3) is 0 Å². The van der Waals surface area contributed by atoms with Crippen molar-refractivity contribution in [1.29, 1.82) is 0 Å². The summed E-state index contributed by atoms with van der Waals surface area (Å²) in [5.41, 5.74) is 2.82. The highest BCUT2D eigenvalue weighted by Crippen LogP contribution is 2.23. The van der Waals surface area contributed by atoms with Gasteiger partial charge in [-0.05, 0) is 38.5 Å². The lowest BCUT2D eigenvalue weighted by Crippen LogP contribution is -2.40. The first-order chi connectivity index (χ1) is 12.4. The predicted octanol–water partition coefficient (Wildman–Crippen LogP) is 4.09. The lowest BCUT2D eigenvalue weighted by molar-refractivity contribution is 0.386. The van der Waals surface area contributed by atoms with Crippen LogP contribution >= 0.6 is 24.0 Å². The number of halogens is 2. The van der Waals surface area contributed by atoms with Crippen LogP contribution in [0.15, 0.2) is 27.7 Å². The molecule has 0 aliphatic rings. The molecule has 8 heteroatoms. The van der Waals surface area contributed by atoms with Gasteiger partial charge in [0.1, 0.15) is 5.76 Å². The van der Waals surface area contributed by atoms with Crippen LogP contribution in [0, 0.1) is 19.7 Å². The van der Waals surface area contributed by atoms with Gasteiger partial charge in [-0.25, -0.2) is 4.39 Å². The van der Waals surface area contributed by atoms with E-state index < -0.39 is 0 Å². The third kappa shape index (κ3) is 5.82. The number of nitrogens with zero attached hydrogens (tertiary/aromatic N) is 2. The van der Waals surface area contributed by atoms with Crippen LogP contribution in [-0.2, 0) is 0 Å². The molecular weight excluding hydrogens is 462 g/mol. The third-order valence-electron chi connectivity index (χ3n) is 4.41. The molecule has 1 heterocycles. The SMILES string of the molecule is CN=C(NCC(C)c1c(C)noc1C)NC(C)c1ccc(OC)c(F)c1.I. The van der Waals surface area contributed by atoms with Crippen molar-refractivity contribution in [3.05, 3.63) is 46.6 Å². The molecule has 0 aliphatic heterocycles. The fourth-order valence-electron chi connectivity index (χ4n) is 2.98. The Labute approximate surface area is 177 Å². The number of methoxy groups -OCH3 is 1. The van der Waals surface area contributed by atoms with Gasteiger partial charge < -0.3 is 19.9 Å². The summed E-state index contributed by atoms with van der Waals surface area (Å²) in [5.74, 6) is 1.55. The summed E-state index contributed by atoms with van der Waals surface area (Å²) >= 11 is 0. The molecule has 1 aromatic carbocycles. The summed E-state index contributed by atoms with van der Waals surface area (Å²) in [4.78, 5) is 4.24. The van der Waals surface area contributed by atoms with Gasteiger partial charge >= 0.3 is 0 Å². The van der Waals surface area contributed by atoms with Crippen molar-refractivity contribution in [1.82, 2.24) is 15.8 Å². The summed E-state index contributed by atoms with van der Waals surface area (Å²) in [7, 11) is 3.16. The smallest absolute Gasteiger partial charge is 0.191 e. The zero-order valence-corrected chi connectivity index (χ0v) is 18.9. The van der Waals surface area contributed by atoms with Gasteiger partial charge in [0.05, 0.1) is 18.8 Å². The molecule has 2 N–H and O–H groups in total. The maximum Gasteiger partial charge on any atom is 0.191 e. The van der Waals surface area contributed by atoms with E-state index in [2.05, 4.69) is 27.7 Å². The van der Waals surface area contributed by atoms with E-state index >= 15 is 0 Å². The van der Waals surface area contributed by atoms with E-state index in [4.69, 9.17) is 9.26 Å². The Morgan fingerprint density at radius 3 is 2.56 bits per heavy atom. The fraction of sp³-hybridized carbons (Fsp3) is 0.474. The fourth-order valence-corrected chi connectivity index (χ4v) is 2.98. The third-order valence-corrected chi connectivity index (χ3v) is 4.41. The first-order valence-electron chi connectivity index (χ1n) is 8.60. The Balaban J connectivity index is 0.00000364. The molecule has 2 aromatic rings. The van der Waals surface area contributed by atoms with Crippen molar-refractivity contribution in [3.63, 3.8) is 0 Å². The molecular formula is C19H28FIN4O2. The largest absolute Gasteiger partial charge is 0.494 e. The summed E-state index contributed by atoms with van der Waals surface area (Å²) < 4.78 is 24.1. The Morgan fingerprint density at radius 2 is 2.04 bits per heavy atom. The van der Waals surface area contributed by atoms with Gasteiger partial charge in [-0.2, -0.15) is 0 Å². The van der Waals surface area contributed by atoms with E-state index in [9.17, 15) is 4.39 Å². The van der Waals surface area contributed by atoms with Crippen molar-refractivity contribution >= 4 is 29.9 Å². The highest BCUT2D eigenvalue weighted by atomic mass is 127. The Hall–Kier alpha value is -1.84. The number of hydrogen-bond acceptors (Lipinski definition) is 4. The number of ether oxygens (including phenoxy) is 1. The monoisotopic (exact) mass is 490 g/mol. The van der Waals surface area contributed by atoms with Gasteiger partial charge in [0.2, 0.25) is 0 Å². The number of aromatic nitrogens is 1. The molecule has 150 valence electrons. The molecule has 2 unspecified atom stereocenters. The van der Waals surface area contributed by atoms with Crippen LogP contribution in [0.4, 0.5) is 4.39 Å². The number of benzene rings is 1. The highest BCUT2D eigenvalue weighted by Gasteiger charge is 2.17. The highest BCUT2D eigenvalue weighted by molar-refractivity contribution is 14.0. The summed E-state index contributed by atoms with van der Waals surface area (Å²) in [6.45, 7) is 8.59. The van der Waals surface area contributed by atoms with Gasteiger partial charge in [-0.1, -0.05) is 18.1 Å².